The fraction of sp³-hybridized carbons (Fsp3) is 0.300. The number of hydrogen-bond acceptors (Lipinski definition) is 3. The van der Waals surface area contributed by atoms with E-state index in [0.717, 1.165) is 0 Å². The fourth-order valence-corrected chi connectivity index (χ4v) is 1.19. The quantitative estimate of drug-likeness (QED) is 0.747. The van der Waals surface area contributed by atoms with Crippen molar-refractivity contribution in [2.45, 2.75) is 19.8 Å². The Morgan fingerprint density at radius 3 is 2.60 bits per heavy atom. The molecule has 0 unspecified atom stereocenters. The molecule has 0 amide bonds. The van der Waals surface area contributed by atoms with E-state index in [1.54, 1.807) is 12.1 Å². The van der Waals surface area contributed by atoms with E-state index in [-0.39, 0.29) is 23.4 Å². The highest BCUT2D eigenvalue weighted by Crippen LogP contribution is 2.24. The topological polar surface area (TPSA) is 60.5 Å². The van der Waals surface area contributed by atoms with Gasteiger partial charge in [0, 0.05) is 5.56 Å². The maximum atomic E-state index is 12.5. The number of nitrogens with zero attached hydrogens (tertiary/aromatic N) is 3. The molecule has 0 bridgehead atoms. The summed E-state index contributed by atoms with van der Waals surface area (Å²) in [6, 6.07) is 4.75. The molecule has 5 heteroatoms. The smallest absolute Gasteiger partial charge is 0.240 e. The largest absolute Gasteiger partial charge is 0.265 e. The molecule has 0 fully saturated rings. The number of aryl methyl sites for hydroxylation is 1. The SMILES string of the molecule is Cc1cc(C(F)F)c(CC#N)nc1C#N. The maximum Gasteiger partial charge on any atom is 0.265 e. The van der Waals surface area contributed by atoms with Gasteiger partial charge in [-0.25, -0.2) is 13.8 Å². The van der Waals surface area contributed by atoms with Crippen LogP contribution in [-0.4, -0.2) is 4.98 Å². The highest BCUT2D eigenvalue weighted by Gasteiger charge is 2.16. The van der Waals surface area contributed by atoms with Crippen LogP contribution in [0.2, 0.25) is 0 Å². The summed E-state index contributed by atoms with van der Waals surface area (Å²) in [5, 5.41) is 17.1. The van der Waals surface area contributed by atoms with E-state index < -0.39 is 6.43 Å². The highest BCUT2D eigenvalue weighted by molar-refractivity contribution is 5.37. The lowest BCUT2D eigenvalue weighted by Gasteiger charge is -2.07. The molecule has 1 aromatic rings. The fourth-order valence-electron chi connectivity index (χ4n) is 1.19. The molecule has 0 radical (unpaired) electrons. The molecule has 0 N–H and O–H groups in total. The van der Waals surface area contributed by atoms with Gasteiger partial charge in [-0.05, 0) is 18.6 Å². The lowest BCUT2D eigenvalue weighted by atomic mass is 10.1. The molecule has 1 rings (SSSR count). The summed E-state index contributed by atoms with van der Waals surface area (Å²) in [4.78, 5) is 3.74. The van der Waals surface area contributed by atoms with Crippen LogP contribution in [0.25, 0.3) is 0 Å². The Balaban J connectivity index is 3.35. The first-order valence-electron chi connectivity index (χ1n) is 4.15. The van der Waals surface area contributed by atoms with Gasteiger partial charge in [0.2, 0.25) is 0 Å². The van der Waals surface area contributed by atoms with Crippen LogP contribution in [0.15, 0.2) is 6.07 Å². The molecule has 0 aliphatic carbocycles. The molecule has 0 aliphatic rings. The minimum atomic E-state index is -2.67. The second-order valence-electron chi connectivity index (χ2n) is 2.94. The molecule has 0 saturated carbocycles. The third kappa shape index (κ3) is 2.26. The zero-order valence-electron chi connectivity index (χ0n) is 7.96. The van der Waals surface area contributed by atoms with Crippen molar-refractivity contribution in [1.29, 1.82) is 10.5 Å². The summed E-state index contributed by atoms with van der Waals surface area (Å²) in [6.07, 6.45) is -2.89. The zero-order chi connectivity index (χ0) is 11.4. The van der Waals surface area contributed by atoms with Gasteiger partial charge in [-0.3, -0.25) is 0 Å². The van der Waals surface area contributed by atoms with E-state index >= 15 is 0 Å². The first kappa shape index (κ1) is 11.1. The summed E-state index contributed by atoms with van der Waals surface area (Å²) in [5.74, 6) is 0. The van der Waals surface area contributed by atoms with Gasteiger partial charge in [0.05, 0.1) is 18.2 Å². The number of nitriles is 2. The molecule has 3 nitrogen and oxygen atoms in total. The first-order chi connectivity index (χ1) is 7.10. The molecule has 0 aliphatic heterocycles. The van der Waals surface area contributed by atoms with Crippen molar-refractivity contribution in [3.63, 3.8) is 0 Å². The van der Waals surface area contributed by atoms with E-state index in [1.807, 2.05) is 0 Å². The molecular formula is C10H7F2N3. The average Bonchev–Trinajstić information content (AvgIpc) is 2.20. The van der Waals surface area contributed by atoms with Gasteiger partial charge in [0.1, 0.15) is 11.8 Å². The van der Waals surface area contributed by atoms with Gasteiger partial charge < -0.3 is 0 Å². The van der Waals surface area contributed by atoms with E-state index in [4.69, 9.17) is 10.5 Å². The third-order valence-electron chi connectivity index (χ3n) is 1.91. The molecule has 76 valence electrons. The van der Waals surface area contributed by atoms with Gasteiger partial charge >= 0.3 is 0 Å². The molecule has 1 aromatic heterocycles. The summed E-state index contributed by atoms with van der Waals surface area (Å²) in [5.41, 5.74) is 0.196. The van der Waals surface area contributed by atoms with E-state index in [2.05, 4.69) is 4.98 Å². The monoisotopic (exact) mass is 207 g/mol. The Morgan fingerprint density at radius 2 is 2.13 bits per heavy atom. The van der Waals surface area contributed by atoms with Crippen LogP contribution in [-0.2, 0) is 6.42 Å². The second-order valence-corrected chi connectivity index (χ2v) is 2.94. The molecule has 0 atom stereocenters. The van der Waals surface area contributed by atoms with E-state index in [9.17, 15) is 8.78 Å². The lowest BCUT2D eigenvalue weighted by Crippen LogP contribution is -2.02. The standard InChI is InChI=1S/C10H7F2N3/c1-6-4-7(10(11)12)8(2-3-13)15-9(6)5-14/h4,10H,2H2,1H3. The van der Waals surface area contributed by atoms with Crippen molar-refractivity contribution in [3.05, 3.63) is 28.6 Å². The molecular weight excluding hydrogens is 200 g/mol. The Hall–Kier alpha value is -2.01. The van der Waals surface area contributed by atoms with Gasteiger partial charge in [-0.1, -0.05) is 0 Å². The Labute approximate surface area is 85.6 Å². The van der Waals surface area contributed by atoms with Crippen molar-refractivity contribution in [2.75, 3.05) is 0 Å². The van der Waals surface area contributed by atoms with Crippen molar-refractivity contribution in [1.82, 2.24) is 4.98 Å². The minimum Gasteiger partial charge on any atom is -0.240 e. The number of hydrogen-bond donors (Lipinski definition) is 0. The number of pyridine rings is 1. The Bertz CT molecular complexity index is 455. The van der Waals surface area contributed by atoms with Crippen LogP contribution < -0.4 is 0 Å². The minimum absolute atomic E-state index is 0.0188. The second kappa shape index (κ2) is 4.47. The predicted octanol–water partition coefficient (Wildman–Crippen LogP) is 2.27. The van der Waals surface area contributed by atoms with Crippen molar-refractivity contribution in [3.8, 4) is 12.1 Å². The maximum absolute atomic E-state index is 12.5. The van der Waals surface area contributed by atoms with Gasteiger partial charge in [-0.15, -0.1) is 0 Å². The first-order valence-corrected chi connectivity index (χ1v) is 4.15. The number of halogens is 2. The van der Waals surface area contributed by atoms with Gasteiger partial charge in [0.25, 0.3) is 6.43 Å². The summed E-state index contributed by atoms with van der Waals surface area (Å²) in [7, 11) is 0. The third-order valence-corrected chi connectivity index (χ3v) is 1.91. The number of alkyl halides is 2. The average molecular weight is 207 g/mol. The highest BCUT2D eigenvalue weighted by atomic mass is 19.3. The molecule has 0 spiro atoms. The predicted molar refractivity (Wildman–Crippen MR) is 48.0 cm³/mol. The van der Waals surface area contributed by atoms with Crippen LogP contribution in [0.4, 0.5) is 8.78 Å². The normalized spacial score (nSPS) is 9.73. The van der Waals surface area contributed by atoms with Crippen LogP contribution in [0.5, 0.6) is 0 Å². The van der Waals surface area contributed by atoms with E-state index in [0.29, 0.717) is 5.56 Å². The Morgan fingerprint density at radius 1 is 1.47 bits per heavy atom. The van der Waals surface area contributed by atoms with Crippen molar-refractivity contribution >= 4 is 0 Å². The lowest BCUT2D eigenvalue weighted by molar-refractivity contribution is 0.150. The molecule has 0 aromatic carbocycles. The van der Waals surface area contributed by atoms with E-state index in [1.165, 1.54) is 13.0 Å². The molecule has 15 heavy (non-hydrogen) atoms. The van der Waals surface area contributed by atoms with Gasteiger partial charge in [0.15, 0.2) is 0 Å². The van der Waals surface area contributed by atoms with Crippen LogP contribution in [0.3, 0.4) is 0 Å². The van der Waals surface area contributed by atoms with Crippen LogP contribution in [0.1, 0.15) is 28.9 Å². The molecule has 1 heterocycles. The summed E-state index contributed by atoms with van der Waals surface area (Å²) < 4.78 is 25.1. The van der Waals surface area contributed by atoms with Crippen molar-refractivity contribution < 1.29 is 8.78 Å². The Kier molecular flexibility index (Phi) is 3.30. The molecule has 0 saturated heterocycles. The van der Waals surface area contributed by atoms with Crippen LogP contribution >= 0.6 is 0 Å². The number of aromatic nitrogens is 1. The van der Waals surface area contributed by atoms with Gasteiger partial charge in [-0.2, -0.15) is 10.5 Å². The summed E-state index contributed by atoms with van der Waals surface area (Å²) in [6.45, 7) is 1.54. The summed E-state index contributed by atoms with van der Waals surface area (Å²) >= 11 is 0. The van der Waals surface area contributed by atoms with Crippen LogP contribution in [0, 0.1) is 29.6 Å². The van der Waals surface area contributed by atoms with Crippen molar-refractivity contribution in [2.24, 2.45) is 0 Å². The zero-order valence-corrected chi connectivity index (χ0v) is 7.96. The number of rotatable bonds is 2.